The lowest BCUT2D eigenvalue weighted by Crippen LogP contribution is -2.30. The summed E-state index contributed by atoms with van der Waals surface area (Å²) in [5.41, 5.74) is 16.2. The highest BCUT2D eigenvalue weighted by molar-refractivity contribution is 5.83. The monoisotopic (exact) mass is 802 g/mol. The Morgan fingerprint density at radius 1 is 0.516 bits per heavy atom. The summed E-state index contributed by atoms with van der Waals surface area (Å²) in [6.45, 7) is 0. The van der Waals surface area contributed by atoms with E-state index in [1.165, 1.54) is 62.5 Å². The highest BCUT2D eigenvalue weighted by atomic mass is 15.2. The molecule has 62 heavy (non-hydrogen) atoms. The smallest absolute Gasteiger partial charge is 0.0933 e. The predicted molar refractivity (Wildman–Crippen MR) is 263 cm³/mol. The van der Waals surface area contributed by atoms with Crippen molar-refractivity contribution >= 4 is 45.2 Å². The first-order valence-corrected chi connectivity index (χ1v) is 22.8. The third kappa shape index (κ3) is 8.68. The lowest BCUT2D eigenvalue weighted by atomic mass is 9.87. The molecule has 304 valence electrons. The molecule has 5 aliphatic rings. The van der Waals surface area contributed by atoms with Crippen LogP contribution in [0, 0.1) is 12.1 Å². The van der Waals surface area contributed by atoms with Gasteiger partial charge >= 0.3 is 0 Å². The zero-order chi connectivity index (χ0) is 41.5. The molecule has 3 unspecified atom stereocenters. The van der Waals surface area contributed by atoms with Crippen molar-refractivity contribution in [3.05, 3.63) is 240 Å². The standard InChI is InChI=1S/C60H54N2/c1-5-15-45(16-6-1)49-27-35-55(36-28-49)61(56-37-29-50(30-38-56)46-17-7-2-8-18-46)57-39-31-51(32-40-57)52-33-41-58(42-34-52)62(59-25-13-23-53(43-59)47-19-9-3-10-20-47)60-26-14-24-54(44-60)48-21-11-4-12-22-48/h1-7,9,11,13-15,17,19,23-29,31-37,39,41-45,48,57H,8,10,12,16,18,20-22,40H2. The maximum Gasteiger partial charge on any atom is 0.0933 e. The second-order valence-corrected chi connectivity index (χ2v) is 17.1. The van der Waals surface area contributed by atoms with E-state index in [4.69, 9.17) is 0 Å². The molecule has 0 N–H and O–H groups in total. The van der Waals surface area contributed by atoms with E-state index in [2.05, 4.69) is 222 Å². The Hall–Kier alpha value is -6.82. The molecular weight excluding hydrogens is 749 g/mol. The van der Waals surface area contributed by atoms with Crippen molar-refractivity contribution < 1.29 is 0 Å². The second kappa shape index (κ2) is 18.4. The minimum Gasteiger partial charge on any atom is -0.327 e. The van der Waals surface area contributed by atoms with E-state index < -0.39 is 0 Å². The summed E-state index contributed by atoms with van der Waals surface area (Å²) in [7, 11) is 0. The Labute approximate surface area is 369 Å². The highest BCUT2D eigenvalue weighted by Crippen LogP contribution is 2.41. The molecule has 3 atom stereocenters. The van der Waals surface area contributed by atoms with Gasteiger partial charge in [-0.25, -0.2) is 0 Å². The molecular formula is C60H54N2. The van der Waals surface area contributed by atoms with Crippen molar-refractivity contribution in [1.82, 2.24) is 0 Å². The van der Waals surface area contributed by atoms with Crippen molar-refractivity contribution in [3.63, 3.8) is 0 Å². The third-order valence-corrected chi connectivity index (χ3v) is 13.2. The van der Waals surface area contributed by atoms with Gasteiger partial charge < -0.3 is 9.80 Å². The topological polar surface area (TPSA) is 6.48 Å². The summed E-state index contributed by atoms with van der Waals surface area (Å²) in [4.78, 5) is 4.88. The Morgan fingerprint density at radius 2 is 1.31 bits per heavy atom. The fourth-order valence-corrected chi connectivity index (χ4v) is 9.72. The van der Waals surface area contributed by atoms with Gasteiger partial charge in [-0.15, -0.1) is 0 Å². The molecule has 0 saturated carbocycles. The molecule has 0 saturated heterocycles. The number of hydrogen-bond donors (Lipinski definition) is 0. The van der Waals surface area contributed by atoms with Gasteiger partial charge in [0, 0.05) is 34.2 Å². The van der Waals surface area contributed by atoms with Gasteiger partial charge in [0.1, 0.15) is 0 Å². The number of benzene rings is 4. The van der Waals surface area contributed by atoms with Crippen LogP contribution in [0.3, 0.4) is 0 Å². The van der Waals surface area contributed by atoms with Gasteiger partial charge in [-0.2, -0.15) is 0 Å². The Morgan fingerprint density at radius 3 is 2.00 bits per heavy atom. The third-order valence-electron chi connectivity index (χ3n) is 13.2. The van der Waals surface area contributed by atoms with Gasteiger partial charge in [-0.1, -0.05) is 146 Å². The van der Waals surface area contributed by atoms with Crippen LogP contribution in [0.2, 0.25) is 0 Å². The lowest BCUT2D eigenvalue weighted by molar-refractivity contribution is 0.617. The van der Waals surface area contributed by atoms with Gasteiger partial charge in [0.05, 0.1) is 11.7 Å². The van der Waals surface area contributed by atoms with Crippen LogP contribution in [0.25, 0.3) is 16.7 Å². The quantitative estimate of drug-likeness (QED) is 0.123. The van der Waals surface area contributed by atoms with Gasteiger partial charge in [-0.05, 0) is 169 Å². The van der Waals surface area contributed by atoms with E-state index >= 15 is 0 Å². The van der Waals surface area contributed by atoms with E-state index in [-0.39, 0.29) is 6.04 Å². The summed E-state index contributed by atoms with van der Waals surface area (Å²) >= 11 is 0. The first kappa shape index (κ1) is 39.3. The van der Waals surface area contributed by atoms with Crippen LogP contribution in [0.1, 0.15) is 97.4 Å². The van der Waals surface area contributed by atoms with Crippen LogP contribution < -0.4 is 9.80 Å². The van der Waals surface area contributed by atoms with Crippen LogP contribution in [0.15, 0.2) is 200 Å². The molecule has 0 aromatic heterocycles. The summed E-state index contributed by atoms with van der Waals surface area (Å²) in [6.07, 6.45) is 43.7. The molecule has 5 aliphatic carbocycles. The molecule has 0 amide bonds. The summed E-state index contributed by atoms with van der Waals surface area (Å²) in [6, 6.07) is 48.5. The van der Waals surface area contributed by atoms with Gasteiger partial charge in [0.15, 0.2) is 0 Å². The van der Waals surface area contributed by atoms with E-state index in [0.717, 1.165) is 68.3 Å². The zero-order valence-electron chi connectivity index (χ0n) is 35.5. The first-order valence-electron chi connectivity index (χ1n) is 22.8. The molecule has 0 radical (unpaired) electrons. The number of rotatable bonds is 11. The van der Waals surface area contributed by atoms with E-state index in [1.54, 1.807) is 0 Å². The number of anilines is 5. The zero-order valence-corrected chi connectivity index (χ0v) is 35.5. The van der Waals surface area contributed by atoms with Gasteiger partial charge in [-0.3, -0.25) is 0 Å². The van der Waals surface area contributed by atoms with Crippen LogP contribution in [-0.2, 0) is 0 Å². The molecule has 5 aromatic rings. The largest absolute Gasteiger partial charge is 0.327 e. The summed E-state index contributed by atoms with van der Waals surface area (Å²) in [5.74, 6) is 0.979. The average Bonchev–Trinajstić information content (AvgIpc) is 3.36. The molecule has 0 bridgehead atoms. The molecule has 2 nitrogen and oxygen atoms in total. The fraction of sp³-hybridized carbons (Fsp3) is 0.200. The Balaban J connectivity index is 0.933. The predicted octanol–water partition coefficient (Wildman–Crippen LogP) is 16.2. The number of allylic oxidation sites excluding steroid dienone is 16. The van der Waals surface area contributed by atoms with Crippen LogP contribution in [0.5, 0.6) is 0 Å². The molecule has 0 heterocycles. The van der Waals surface area contributed by atoms with Crippen molar-refractivity contribution in [2.24, 2.45) is 0 Å². The van der Waals surface area contributed by atoms with Crippen molar-refractivity contribution in [1.29, 1.82) is 0 Å². The van der Waals surface area contributed by atoms with E-state index in [1.807, 2.05) is 0 Å². The van der Waals surface area contributed by atoms with Crippen molar-refractivity contribution in [2.75, 3.05) is 9.80 Å². The highest BCUT2D eigenvalue weighted by Gasteiger charge is 2.23. The molecule has 10 rings (SSSR count). The summed E-state index contributed by atoms with van der Waals surface area (Å²) in [5, 5.41) is 0. The minimum atomic E-state index is 0.137. The Kier molecular flexibility index (Phi) is 11.7. The lowest BCUT2D eigenvalue weighted by Gasteiger charge is -2.32. The SMILES string of the molecule is c1c(C2=CC=CCC2)ccc(N(c2ccc(C3C=CC=CC3)cc2)C2C=CC(c3ccc(N(c4cccc(C5=CC=CCC5)c4)c4cccc(C5CC=CCC5)c4)cc3)=CC2)c#1. The Bertz CT molecular complexity index is 2660. The van der Waals surface area contributed by atoms with E-state index in [9.17, 15) is 0 Å². The molecule has 0 aliphatic heterocycles. The minimum absolute atomic E-state index is 0.137. The van der Waals surface area contributed by atoms with Gasteiger partial charge in [0.25, 0.3) is 0 Å². The number of hydrogen-bond acceptors (Lipinski definition) is 2. The maximum absolute atomic E-state index is 3.59. The summed E-state index contributed by atoms with van der Waals surface area (Å²) < 4.78 is 0. The van der Waals surface area contributed by atoms with Crippen LogP contribution in [-0.4, -0.2) is 6.04 Å². The molecule has 0 fully saturated rings. The average molecular weight is 803 g/mol. The molecule has 5 aromatic carbocycles. The van der Waals surface area contributed by atoms with E-state index in [0.29, 0.717) is 11.8 Å². The first-order chi connectivity index (χ1) is 30.7. The molecule has 2 heteroatoms. The maximum atomic E-state index is 3.59. The fourth-order valence-electron chi connectivity index (χ4n) is 9.72. The number of nitrogens with zero attached hydrogens (tertiary/aromatic N) is 2. The van der Waals surface area contributed by atoms with Crippen LogP contribution >= 0.6 is 0 Å². The normalized spacial score (nSPS) is 20.3. The van der Waals surface area contributed by atoms with Crippen LogP contribution in [0.4, 0.5) is 28.4 Å². The second-order valence-electron chi connectivity index (χ2n) is 17.1. The van der Waals surface area contributed by atoms with Gasteiger partial charge in [0.2, 0.25) is 0 Å². The van der Waals surface area contributed by atoms with Crippen molar-refractivity contribution in [3.8, 4) is 0 Å². The molecule has 0 spiro atoms. The van der Waals surface area contributed by atoms with Crippen molar-refractivity contribution in [2.45, 2.75) is 75.7 Å².